The third kappa shape index (κ3) is 5.38. The summed E-state index contributed by atoms with van der Waals surface area (Å²) in [6, 6.07) is 4.76. The van der Waals surface area contributed by atoms with Crippen molar-refractivity contribution < 1.29 is 13.2 Å². The second-order valence-corrected chi connectivity index (χ2v) is 6.56. The fourth-order valence-corrected chi connectivity index (χ4v) is 3.10. The molecule has 5 nitrogen and oxygen atoms in total. The van der Waals surface area contributed by atoms with Crippen LogP contribution in [0.5, 0.6) is 0 Å². The molecule has 0 fully saturated rings. The molecule has 7 heteroatoms. The molecule has 2 N–H and O–H groups in total. The molecule has 1 rings (SSSR count). The lowest BCUT2D eigenvalue weighted by Crippen LogP contribution is -2.25. The molecule has 0 aliphatic heterocycles. The van der Waals surface area contributed by atoms with Crippen molar-refractivity contribution in [3.8, 4) is 0 Å². The van der Waals surface area contributed by atoms with Gasteiger partial charge in [-0.3, -0.25) is 0 Å². The summed E-state index contributed by atoms with van der Waals surface area (Å²) < 4.78 is 31.6. The Bertz CT molecular complexity index is 520. The highest BCUT2D eigenvalue weighted by atomic mass is 35.5. The predicted molar refractivity (Wildman–Crippen MR) is 80.5 cm³/mol. The van der Waals surface area contributed by atoms with Crippen LogP contribution in [0.2, 0.25) is 5.02 Å². The average Bonchev–Trinajstić information content (AvgIpc) is 2.41. The zero-order valence-electron chi connectivity index (χ0n) is 11.8. The van der Waals surface area contributed by atoms with Crippen LogP contribution in [0.15, 0.2) is 23.1 Å². The quantitative estimate of drug-likeness (QED) is 0.680. The van der Waals surface area contributed by atoms with E-state index >= 15 is 0 Å². The first-order chi connectivity index (χ1) is 9.51. The molecule has 1 aromatic carbocycles. The van der Waals surface area contributed by atoms with Crippen molar-refractivity contribution in [3.05, 3.63) is 28.8 Å². The molecule has 20 heavy (non-hydrogen) atoms. The number of ether oxygens (including phenoxy) is 1. The second kappa shape index (κ2) is 8.59. The van der Waals surface area contributed by atoms with Crippen LogP contribution in [0.1, 0.15) is 18.4 Å². The minimum absolute atomic E-state index is 0.189. The number of nitrogens with one attached hydrogen (secondary N) is 2. The van der Waals surface area contributed by atoms with Gasteiger partial charge in [-0.25, -0.2) is 13.1 Å². The molecule has 0 bridgehead atoms. The molecule has 0 atom stereocenters. The first kappa shape index (κ1) is 17.4. The Balaban J connectivity index is 2.65. The van der Waals surface area contributed by atoms with E-state index in [0.717, 1.165) is 18.4 Å². The van der Waals surface area contributed by atoms with Crippen molar-refractivity contribution >= 4 is 21.6 Å². The number of unbranched alkanes of at least 4 members (excludes halogenated alkanes) is 1. The molecule has 0 unspecified atom stereocenters. The number of benzene rings is 1. The summed E-state index contributed by atoms with van der Waals surface area (Å²) in [4.78, 5) is 0.189. The van der Waals surface area contributed by atoms with Crippen LogP contribution in [0.3, 0.4) is 0 Å². The Labute approximate surface area is 125 Å². The fourth-order valence-electron chi connectivity index (χ4n) is 1.69. The van der Waals surface area contributed by atoms with Gasteiger partial charge in [0.25, 0.3) is 0 Å². The Morgan fingerprint density at radius 2 is 2.05 bits per heavy atom. The van der Waals surface area contributed by atoms with Gasteiger partial charge in [-0.05, 0) is 37.6 Å². The minimum Gasteiger partial charge on any atom is -0.385 e. The van der Waals surface area contributed by atoms with E-state index in [-0.39, 0.29) is 4.90 Å². The lowest BCUT2D eigenvalue weighted by atomic mass is 10.2. The summed E-state index contributed by atoms with van der Waals surface area (Å²) in [5.74, 6) is 0. The average molecular weight is 321 g/mol. The van der Waals surface area contributed by atoms with Crippen molar-refractivity contribution in [2.45, 2.75) is 24.3 Å². The molecule has 1 aromatic rings. The van der Waals surface area contributed by atoms with Gasteiger partial charge in [-0.15, -0.1) is 0 Å². The molecular weight excluding hydrogens is 300 g/mol. The van der Waals surface area contributed by atoms with Gasteiger partial charge in [0, 0.05) is 31.8 Å². The summed E-state index contributed by atoms with van der Waals surface area (Å²) >= 11 is 6.07. The maximum absolute atomic E-state index is 12.1. The van der Waals surface area contributed by atoms with Crippen molar-refractivity contribution in [1.29, 1.82) is 0 Å². The topological polar surface area (TPSA) is 67.4 Å². The van der Waals surface area contributed by atoms with E-state index in [1.54, 1.807) is 19.2 Å². The van der Waals surface area contributed by atoms with Crippen molar-refractivity contribution in [3.63, 3.8) is 0 Å². The van der Waals surface area contributed by atoms with Crippen LogP contribution in [0, 0.1) is 0 Å². The number of halogens is 1. The second-order valence-electron chi connectivity index (χ2n) is 4.38. The summed E-state index contributed by atoms with van der Waals surface area (Å²) in [5.41, 5.74) is 0.869. The Morgan fingerprint density at radius 1 is 1.30 bits per heavy atom. The number of sulfonamides is 1. The van der Waals surface area contributed by atoms with Crippen LogP contribution < -0.4 is 10.0 Å². The van der Waals surface area contributed by atoms with E-state index in [1.807, 2.05) is 7.05 Å². The third-order valence-corrected chi connectivity index (χ3v) is 4.58. The molecule has 0 radical (unpaired) electrons. The van der Waals surface area contributed by atoms with E-state index in [4.69, 9.17) is 16.3 Å². The summed E-state index contributed by atoms with van der Waals surface area (Å²) in [5, 5.41) is 3.42. The summed E-state index contributed by atoms with van der Waals surface area (Å²) in [6.07, 6.45) is 1.56. The first-order valence-corrected chi connectivity index (χ1v) is 8.29. The fraction of sp³-hybridized carbons (Fsp3) is 0.538. The van der Waals surface area contributed by atoms with E-state index in [2.05, 4.69) is 10.0 Å². The monoisotopic (exact) mass is 320 g/mol. The third-order valence-electron chi connectivity index (χ3n) is 2.77. The number of hydrogen-bond donors (Lipinski definition) is 2. The Morgan fingerprint density at radius 3 is 2.65 bits per heavy atom. The van der Waals surface area contributed by atoms with Gasteiger partial charge in [0.2, 0.25) is 10.0 Å². The zero-order chi connectivity index (χ0) is 15.0. The van der Waals surface area contributed by atoms with E-state index in [0.29, 0.717) is 24.7 Å². The molecule has 0 aliphatic rings. The van der Waals surface area contributed by atoms with Crippen LogP contribution in [-0.2, 0) is 21.3 Å². The summed E-state index contributed by atoms with van der Waals surface area (Å²) in [6.45, 7) is 1.62. The predicted octanol–water partition coefficient (Wildman–Crippen LogP) is 1.76. The molecule has 0 saturated heterocycles. The lowest BCUT2D eigenvalue weighted by molar-refractivity contribution is 0.193. The molecular formula is C13H21ClN2O3S. The van der Waals surface area contributed by atoms with Crippen molar-refractivity contribution in [2.24, 2.45) is 0 Å². The van der Waals surface area contributed by atoms with Crippen molar-refractivity contribution in [1.82, 2.24) is 10.0 Å². The molecule has 0 amide bonds. The van der Waals surface area contributed by atoms with E-state index in [9.17, 15) is 8.42 Å². The van der Waals surface area contributed by atoms with Gasteiger partial charge in [0.1, 0.15) is 0 Å². The molecule has 0 spiro atoms. The van der Waals surface area contributed by atoms with E-state index < -0.39 is 10.0 Å². The molecule has 0 aromatic heterocycles. The zero-order valence-corrected chi connectivity index (χ0v) is 13.4. The van der Waals surface area contributed by atoms with Gasteiger partial charge in [-0.2, -0.15) is 0 Å². The normalized spacial score (nSPS) is 11.8. The first-order valence-electron chi connectivity index (χ1n) is 6.43. The minimum atomic E-state index is -3.50. The smallest absolute Gasteiger partial charge is 0.240 e. The molecule has 0 aliphatic carbocycles. The largest absolute Gasteiger partial charge is 0.385 e. The number of methoxy groups -OCH3 is 1. The highest BCUT2D eigenvalue weighted by molar-refractivity contribution is 7.89. The van der Waals surface area contributed by atoms with E-state index in [1.165, 1.54) is 6.07 Å². The maximum atomic E-state index is 12.1. The van der Waals surface area contributed by atoms with Crippen molar-refractivity contribution in [2.75, 3.05) is 27.3 Å². The van der Waals surface area contributed by atoms with Gasteiger partial charge >= 0.3 is 0 Å². The maximum Gasteiger partial charge on any atom is 0.240 e. The van der Waals surface area contributed by atoms with Crippen LogP contribution in [0.4, 0.5) is 0 Å². The number of rotatable bonds is 9. The highest BCUT2D eigenvalue weighted by Crippen LogP contribution is 2.20. The van der Waals surface area contributed by atoms with Gasteiger partial charge < -0.3 is 10.1 Å². The van der Waals surface area contributed by atoms with Gasteiger partial charge in [0.05, 0.1) is 4.90 Å². The highest BCUT2D eigenvalue weighted by Gasteiger charge is 2.14. The molecule has 0 heterocycles. The van der Waals surface area contributed by atoms with Gasteiger partial charge in [0.15, 0.2) is 0 Å². The van der Waals surface area contributed by atoms with Crippen LogP contribution in [0.25, 0.3) is 0 Å². The number of hydrogen-bond acceptors (Lipinski definition) is 4. The van der Waals surface area contributed by atoms with Crippen LogP contribution >= 0.6 is 11.6 Å². The lowest BCUT2D eigenvalue weighted by Gasteiger charge is -2.09. The van der Waals surface area contributed by atoms with Crippen LogP contribution in [-0.4, -0.2) is 35.7 Å². The molecule has 114 valence electrons. The molecule has 0 saturated carbocycles. The SMILES string of the molecule is CNCc1ccc(S(=O)(=O)NCCCCOC)cc1Cl. The summed E-state index contributed by atoms with van der Waals surface area (Å²) in [7, 11) is -0.0654. The standard InChI is InChI=1S/C13H21ClN2O3S/c1-15-10-11-5-6-12(9-13(11)14)20(17,18)16-7-3-4-8-19-2/h5-6,9,15-16H,3-4,7-8,10H2,1-2H3. The Hall–Kier alpha value is -0.660. The van der Waals surface area contributed by atoms with Gasteiger partial charge in [-0.1, -0.05) is 17.7 Å². The Kier molecular flexibility index (Phi) is 7.47.